The first-order chi connectivity index (χ1) is 37.9. The number of aromatic amines is 1. The van der Waals surface area contributed by atoms with Crippen LogP contribution in [0.2, 0.25) is 0 Å². The number of aromatic nitrogens is 2. The first-order valence-corrected chi connectivity index (χ1v) is 26.3. The van der Waals surface area contributed by atoms with E-state index >= 15 is 0 Å². The number of piperazine rings is 1. The first kappa shape index (κ1) is 55.3. The van der Waals surface area contributed by atoms with Gasteiger partial charge in [-0.25, -0.2) is 8.78 Å². The Labute approximate surface area is 449 Å². The minimum Gasteiger partial charge on any atom is -0.383 e. The Morgan fingerprint density at radius 1 is 0.718 bits per heavy atom. The second-order valence-corrected chi connectivity index (χ2v) is 19.3. The van der Waals surface area contributed by atoms with E-state index in [9.17, 15) is 37.5 Å². The predicted molar refractivity (Wildman–Crippen MR) is 284 cm³/mol. The van der Waals surface area contributed by atoms with Gasteiger partial charge in [0, 0.05) is 93.5 Å². The molecular weight excluding hydrogens is 1010 g/mol. The highest BCUT2D eigenvalue weighted by atomic mass is 19.1. The number of imide groups is 2. The van der Waals surface area contributed by atoms with Crippen molar-refractivity contribution in [2.24, 2.45) is 0 Å². The number of carbonyl (C=O) groups excluding carboxylic acids is 6. The highest BCUT2D eigenvalue weighted by Gasteiger charge is 2.44. The van der Waals surface area contributed by atoms with Crippen molar-refractivity contribution in [2.45, 2.75) is 44.2 Å². The van der Waals surface area contributed by atoms with Crippen LogP contribution in [0.1, 0.15) is 67.9 Å². The van der Waals surface area contributed by atoms with Crippen LogP contribution in [-0.2, 0) is 44.5 Å². The summed E-state index contributed by atoms with van der Waals surface area (Å²) in [5.41, 5.74) is 5.13. The van der Waals surface area contributed by atoms with Gasteiger partial charge in [-0.15, -0.1) is 0 Å². The minimum atomic E-state index is -1.01. The van der Waals surface area contributed by atoms with E-state index in [-0.39, 0.29) is 48.4 Å². The molecular formula is C55H64F2N10O11. The van der Waals surface area contributed by atoms with Gasteiger partial charge in [-0.1, -0.05) is 6.07 Å². The molecule has 4 aromatic carbocycles. The number of rotatable bonds is 26. The van der Waals surface area contributed by atoms with E-state index in [1.54, 1.807) is 18.2 Å². The van der Waals surface area contributed by atoms with Gasteiger partial charge >= 0.3 is 0 Å². The zero-order valence-electron chi connectivity index (χ0n) is 43.2. The standard InChI is InChI=1S/C55H64F2N10O11/c56-37-28-36(29-38(57)31-37)27-35-1-6-46-45(30-35)51(64-63-46)62-52(70)43-5-3-41(33-47(43)60-39-9-17-74-18-10-39)66-15-13-65(14-16-66)34-50(69)59-12-20-76-22-24-78-26-25-77-23-21-75-19-11-58-40-2-4-42-44(32-40)55(73)67(54(42)72)48-7-8-49(68)61-53(48)71/h1-6,28-33,39,48,58,60H,7-27,34H2,(H,59,69)(H,61,68,71)(H2,62,63,64,70). The average Bonchev–Trinajstić information content (AvgIpc) is 4.12. The molecule has 0 radical (unpaired) electrons. The highest BCUT2D eigenvalue weighted by Crippen LogP contribution is 2.32. The summed E-state index contributed by atoms with van der Waals surface area (Å²) in [6.45, 7) is 8.00. The Balaban J connectivity index is 0.617. The number of hydrogen-bond acceptors (Lipinski definition) is 16. The second-order valence-electron chi connectivity index (χ2n) is 19.3. The molecule has 0 spiro atoms. The number of hydrogen-bond donors (Lipinski definition) is 6. The molecule has 9 rings (SSSR count). The number of carbonyl (C=O) groups is 6. The summed E-state index contributed by atoms with van der Waals surface area (Å²) in [6, 6.07) is 18.6. The molecule has 1 atom stereocenters. The lowest BCUT2D eigenvalue weighted by atomic mass is 10.0. The molecule has 3 fully saturated rings. The van der Waals surface area contributed by atoms with E-state index in [4.69, 9.17) is 23.7 Å². The molecule has 4 aliphatic heterocycles. The third kappa shape index (κ3) is 14.6. The van der Waals surface area contributed by atoms with E-state index in [2.05, 4.69) is 46.6 Å². The number of H-pyrrole nitrogens is 1. The summed E-state index contributed by atoms with van der Waals surface area (Å²) in [4.78, 5) is 81.9. The number of halogens is 2. The second kappa shape index (κ2) is 26.8. The summed E-state index contributed by atoms with van der Waals surface area (Å²) in [5.74, 6) is -3.57. The van der Waals surface area contributed by atoms with Crippen LogP contribution >= 0.6 is 0 Å². The molecule has 21 nitrogen and oxygen atoms in total. The number of anilines is 4. The molecule has 4 aliphatic rings. The molecule has 3 saturated heterocycles. The maximum atomic E-state index is 14.0. The number of nitrogens with one attached hydrogen (secondary N) is 6. The molecule has 6 N–H and O–H groups in total. The maximum absolute atomic E-state index is 14.0. The van der Waals surface area contributed by atoms with E-state index in [1.807, 2.05) is 36.4 Å². The van der Waals surface area contributed by atoms with Crippen LogP contribution in [0.5, 0.6) is 0 Å². The largest absolute Gasteiger partial charge is 0.383 e. The van der Waals surface area contributed by atoms with Gasteiger partial charge in [-0.3, -0.25) is 49.0 Å². The van der Waals surface area contributed by atoms with Crippen LogP contribution in [-0.4, -0.2) is 179 Å². The van der Waals surface area contributed by atoms with Crippen LogP contribution in [0.3, 0.4) is 0 Å². The van der Waals surface area contributed by atoms with Gasteiger partial charge < -0.3 is 49.9 Å². The van der Waals surface area contributed by atoms with Gasteiger partial charge in [0.1, 0.15) is 17.7 Å². The molecule has 0 aliphatic carbocycles. The van der Waals surface area contributed by atoms with Crippen LogP contribution in [0, 0.1) is 11.6 Å². The van der Waals surface area contributed by atoms with E-state index in [0.717, 1.165) is 35.1 Å². The number of fused-ring (bicyclic) bond motifs is 2. The van der Waals surface area contributed by atoms with Gasteiger partial charge in [0.25, 0.3) is 17.7 Å². The third-order valence-electron chi connectivity index (χ3n) is 13.8. The number of benzene rings is 4. The summed E-state index contributed by atoms with van der Waals surface area (Å²) in [7, 11) is 0. The molecule has 5 aromatic rings. The fraction of sp³-hybridized carbons (Fsp3) is 0.436. The fourth-order valence-electron chi connectivity index (χ4n) is 9.79. The van der Waals surface area contributed by atoms with E-state index in [1.165, 1.54) is 12.1 Å². The molecule has 6 amide bonds. The lowest BCUT2D eigenvalue weighted by Crippen LogP contribution is -2.54. The molecule has 1 unspecified atom stereocenters. The van der Waals surface area contributed by atoms with Crippen molar-refractivity contribution in [1.29, 1.82) is 0 Å². The maximum Gasteiger partial charge on any atom is 0.262 e. The van der Waals surface area contributed by atoms with Crippen LogP contribution in [0.25, 0.3) is 10.9 Å². The van der Waals surface area contributed by atoms with E-state index < -0.39 is 41.3 Å². The van der Waals surface area contributed by atoms with Crippen molar-refractivity contribution in [3.63, 3.8) is 0 Å². The van der Waals surface area contributed by atoms with Crippen molar-refractivity contribution in [3.05, 3.63) is 112 Å². The fourth-order valence-corrected chi connectivity index (χ4v) is 9.79. The van der Waals surface area contributed by atoms with Gasteiger partial charge in [-0.2, -0.15) is 5.10 Å². The van der Waals surface area contributed by atoms with Crippen LogP contribution in [0.4, 0.5) is 31.7 Å². The Bertz CT molecular complexity index is 2940. The summed E-state index contributed by atoms with van der Waals surface area (Å²) >= 11 is 0. The molecule has 414 valence electrons. The number of piperidine rings is 1. The minimum absolute atomic E-state index is 0.0570. The van der Waals surface area contributed by atoms with Crippen LogP contribution < -0.4 is 31.5 Å². The van der Waals surface area contributed by atoms with Crippen molar-refractivity contribution < 1.29 is 61.2 Å². The van der Waals surface area contributed by atoms with E-state index in [0.29, 0.717) is 151 Å². The molecule has 78 heavy (non-hydrogen) atoms. The highest BCUT2D eigenvalue weighted by molar-refractivity contribution is 6.23. The Morgan fingerprint density at radius 2 is 1.41 bits per heavy atom. The quantitative estimate of drug-likeness (QED) is 0.0337. The summed E-state index contributed by atoms with van der Waals surface area (Å²) in [5, 5.41) is 22.9. The predicted octanol–water partition coefficient (Wildman–Crippen LogP) is 4.09. The Kier molecular flexibility index (Phi) is 19.0. The zero-order valence-corrected chi connectivity index (χ0v) is 43.2. The normalized spacial score (nSPS) is 17.1. The average molecular weight is 1080 g/mol. The lowest BCUT2D eigenvalue weighted by Gasteiger charge is -2.36. The van der Waals surface area contributed by atoms with Crippen molar-refractivity contribution in [3.8, 4) is 0 Å². The smallest absolute Gasteiger partial charge is 0.262 e. The molecule has 0 bridgehead atoms. The van der Waals surface area contributed by atoms with Crippen molar-refractivity contribution in [1.82, 2.24) is 30.6 Å². The summed E-state index contributed by atoms with van der Waals surface area (Å²) < 4.78 is 55.8. The van der Waals surface area contributed by atoms with Crippen molar-refractivity contribution in [2.75, 3.05) is 133 Å². The van der Waals surface area contributed by atoms with Crippen molar-refractivity contribution >= 4 is 69.2 Å². The number of ether oxygens (including phenoxy) is 5. The van der Waals surface area contributed by atoms with Gasteiger partial charge in [-0.05, 0) is 97.5 Å². The monoisotopic (exact) mass is 1080 g/mol. The topological polar surface area (TPSA) is 247 Å². The zero-order chi connectivity index (χ0) is 54.4. The van der Waals surface area contributed by atoms with Crippen LogP contribution in [0.15, 0.2) is 72.8 Å². The van der Waals surface area contributed by atoms with Gasteiger partial charge in [0.15, 0.2) is 5.82 Å². The number of amides is 6. The summed E-state index contributed by atoms with van der Waals surface area (Å²) in [6.07, 6.45) is 2.04. The van der Waals surface area contributed by atoms with Gasteiger partial charge in [0.05, 0.1) is 81.6 Å². The number of nitrogens with zero attached hydrogens (tertiary/aromatic N) is 4. The first-order valence-electron chi connectivity index (χ1n) is 26.3. The SMILES string of the molecule is O=C(CN1CCN(c2ccc(C(=O)Nc3n[nH]c4ccc(Cc5cc(F)cc(F)c5)cc34)c(NC3CCOCC3)c2)CC1)NCCOCCOCCOCCOCCNc1ccc2c(c1)C(=O)N(C1CCC(=O)NC1=O)C2=O. The molecule has 1 aromatic heterocycles. The van der Waals surface area contributed by atoms with Gasteiger partial charge in [0.2, 0.25) is 17.7 Å². The molecule has 5 heterocycles. The Morgan fingerprint density at radius 3 is 2.13 bits per heavy atom. The third-order valence-corrected chi connectivity index (χ3v) is 13.8. The Hall–Kier alpha value is -7.41. The lowest BCUT2D eigenvalue weighted by molar-refractivity contribution is -0.136. The molecule has 0 saturated carbocycles. The molecule has 23 heteroatoms.